The van der Waals surface area contributed by atoms with Gasteiger partial charge in [0.2, 0.25) is 0 Å². The first-order chi connectivity index (χ1) is 12.2. The van der Waals surface area contributed by atoms with Gasteiger partial charge in [-0.1, -0.05) is 29.3 Å². The van der Waals surface area contributed by atoms with Crippen LogP contribution in [0.1, 0.15) is 32.8 Å². The smallest absolute Gasteiger partial charge is 0.410 e. The fourth-order valence-electron chi connectivity index (χ4n) is 3.02. The van der Waals surface area contributed by atoms with Crippen molar-refractivity contribution in [1.82, 2.24) is 9.80 Å². The van der Waals surface area contributed by atoms with E-state index in [1.54, 1.807) is 7.11 Å². The predicted octanol–water partition coefficient (Wildman–Crippen LogP) is 4.45. The Morgan fingerprint density at radius 2 is 1.96 bits per heavy atom. The molecule has 1 aliphatic rings. The van der Waals surface area contributed by atoms with Gasteiger partial charge in [0.1, 0.15) is 5.60 Å². The highest BCUT2D eigenvalue weighted by Gasteiger charge is 2.33. The molecule has 1 aliphatic heterocycles. The summed E-state index contributed by atoms with van der Waals surface area (Å²) in [6, 6.07) is 5.76. The Hall–Kier alpha value is -1.01. The molecule has 26 heavy (non-hydrogen) atoms. The van der Waals surface area contributed by atoms with Crippen LogP contribution >= 0.6 is 23.2 Å². The van der Waals surface area contributed by atoms with Crippen molar-refractivity contribution < 1.29 is 14.3 Å². The van der Waals surface area contributed by atoms with Gasteiger partial charge >= 0.3 is 6.09 Å². The van der Waals surface area contributed by atoms with Crippen LogP contribution in [0.5, 0.6) is 0 Å². The van der Waals surface area contributed by atoms with E-state index in [0.29, 0.717) is 23.2 Å². The van der Waals surface area contributed by atoms with E-state index in [1.165, 1.54) is 0 Å². The van der Waals surface area contributed by atoms with Gasteiger partial charge in [-0.2, -0.15) is 0 Å². The fraction of sp³-hybridized carbons (Fsp3) is 0.632. The topological polar surface area (TPSA) is 42.0 Å². The summed E-state index contributed by atoms with van der Waals surface area (Å²) in [6.45, 7) is 9.20. The molecule has 1 amide bonds. The van der Waals surface area contributed by atoms with Crippen LogP contribution in [0.25, 0.3) is 0 Å². The van der Waals surface area contributed by atoms with Crippen LogP contribution in [0.4, 0.5) is 4.79 Å². The van der Waals surface area contributed by atoms with E-state index in [4.69, 9.17) is 32.7 Å². The molecule has 0 aliphatic carbocycles. The van der Waals surface area contributed by atoms with Crippen LogP contribution in [-0.4, -0.2) is 60.9 Å². The Kier molecular flexibility index (Phi) is 7.59. The number of nitrogens with zero attached hydrogens (tertiary/aromatic N) is 2. The van der Waals surface area contributed by atoms with Crippen LogP contribution in [-0.2, 0) is 16.0 Å². The van der Waals surface area contributed by atoms with Crippen molar-refractivity contribution in [3.8, 4) is 0 Å². The third-order valence-corrected chi connectivity index (χ3v) is 4.98. The SMILES string of the molecule is COCCC1CN(Cc2ccc(Cl)c(Cl)c2)CCN1C(=O)OC(C)(C)C. The second kappa shape index (κ2) is 9.27. The van der Waals surface area contributed by atoms with E-state index in [2.05, 4.69) is 4.90 Å². The van der Waals surface area contributed by atoms with Gasteiger partial charge in [-0.05, 0) is 44.9 Å². The minimum Gasteiger partial charge on any atom is -0.444 e. The summed E-state index contributed by atoms with van der Waals surface area (Å²) in [5.41, 5.74) is 0.607. The van der Waals surface area contributed by atoms with Crippen LogP contribution < -0.4 is 0 Å². The first kappa shape index (κ1) is 21.3. The van der Waals surface area contributed by atoms with Gasteiger partial charge in [-0.3, -0.25) is 4.90 Å². The van der Waals surface area contributed by atoms with Crippen molar-refractivity contribution in [2.24, 2.45) is 0 Å². The second-order valence-corrected chi connectivity index (χ2v) is 8.41. The normalized spacial score (nSPS) is 18.8. The lowest BCUT2D eigenvalue weighted by Crippen LogP contribution is -2.56. The Balaban J connectivity index is 2.03. The standard InChI is InChI=1S/C19H28Cl2N2O3/c1-19(2,3)26-18(24)23-9-8-22(13-15(23)7-10-25-4)12-14-5-6-16(20)17(21)11-14/h5-6,11,15H,7-10,12-13H2,1-4H3. The number of carbonyl (C=O) groups is 1. The molecule has 0 N–H and O–H groups in total. The molecule has 1 heterocycles. The summed E-state index contributed by atoms with van der Waals surface area (Å²) in [4.78, 5) is 16.7. The van der Waals surface area contributed by atoms with E-state index in [1.807, 2.05) is 43.9 Å². The number of carbonyl (C=O) groups excluding carboxylic acids is 1. The summed E-state index contributed by atoms with van der Waals surface area (Å²) in [7, 11) is 1.67. The number of ether oxygens (including phenoxy) is 2. The number of rotatable bonds is 5. The number of hydrogen-bond donors (Lipinski definition) is 0. The van der Waals surface area contributed by atoms with Crippen molar-refractivity contribution in [2.45, 2.75) is 45.4 Å². The third-order valence-electron chi connectivity index (χ3n) is 4.24. The average molecular weight is 403 g/mol. The number of hydrogen-bond acceptors (Lipinski definition) is 4. The molecule has 0 bridgehead atoms. The van der Waals surface area contributed by atoms with Crippen molar-refractivity contribution in [3.05, 3.63) is 33.8 Å². The van der Waals surface area contributed by atoms with E-state index in [9.17, 15) is 4.79 Å². The maximum Gasteiger partial charge on any atom is 0.410 e. The van der Waals surface area contributed by atoms with Gasteiger partial charge in [0, 0.05) is 45.9 Å². The van der Waals surface area contributed by atoms with Crippen LogP contribution in [0.15, 0.2) is 18.2 Å². The second-order valence-electron chi connectivity index (χ2n) is 7.59. The largest absolute Gasteiger partial charge is 0.444 e. The van der Waals surface area contributed by atoms with Crippen molar-refractivity contribution in [3.63, 3.8) is 0 Å². The molecule has 1 aromatic rings. The number of halogens is 2. The Bertz CT molecular complexity index is 619. The van der Waals surface area contributed by atoms with Crippen LogP contribution in [0, 0.1) is 0 Å². The highest BCUT2D eigenvalue weighted by atomic mass is 35.5. The molecule has 2 rings (SSSR count). The van der Waals surface area contributed by atoms with Gasteiger partial charge in [0.15, 0.2) is 0 Å². The molecule has 1 fully saturated rings. The molecular formula is C19H28Cl2N2O3. The zero-order valence-electron chi connectivity index (χ0n) is 15.9. The summed E-state index contributed by atoms with van der Waals surface area (Å²) in [6.07, 6.45) is 0.515. The summed E-state index contributed by atoms with van der Waals surface area (Å²) in [5.74, 6) is 0. The average Bonchev–Trinajstić information content (AvgIpc) is 2.55. The van der Waals surface area contributed by atoms with Crippen molar-refractivity contribution in [1.29, 1.82) is 0 Å². The molecule has 0 aromatic heterocycles. The highest BCUT2D eigenvalue weighted by Crippen LogP contribution is 2.24. The molecule has 1 atom stereocenters. The molecule has 146 valence electrons. The monoisotopic (exact) mass is 402 g/mol. The molecule has 5 nitrogen and oxygen atoms in total. The lowest BCUT2D eigenvalue weighted by atomic mass is 10.1. The zero-order valence-corrected chi connectivity index (χ0v) is 17.4. The Morgan fingerprint density at radius 3 is 2.58 bits per heavy atom. The Morgan fingerprint density at radius 1 is 1.23 bits per heavy atom. The van der Waals surface area contributed by atoms with E-state index in [-0.39, 0.29) is 12.1 Å². The first-order valence-corrected chi connectivity index (χ1v) is 9.60. The predicted molar refractivity (Wildman–Crippen MR) is 105 cm³/mol. The lowest BCUT2D eigenvalue weighted by Gasteiger charge is -2.41. The van der Waals surface area contributed by atoms with Gasteiger partial charge in [0.25, 0.3) is 0 Å². The lowest BCUT2D eigenvalue weighted by molar-refractivity contribution is -0.00740. The minimum atomic E-state index is -0.500. The van der Waals surface area contributed by atoms with E-state index in [0.717, 1.165) is 31.6 Å². The van der Waals surface area contributed by atoms with Gasteiger partial charge in [-0.15, -0.1) is 0 Å². The zero-order chi connectivity index (χ0) is 19.3. The molecule has 7 heteroatoms. The summed E-state index contributed by atoms with van der Waals surface area (Å²) >= 11 is 12.1. The molecule has 0 spiro atoms. The Labute approximate surface area is 166 Å². The maximum absolute atomic E-state index is 12.5. The molecule has 1 aromatic carbocycles. The van der Waals surface area contributed by atoms with E-state index < -0.39 is 5.60 Å². The number of benzene rings is 1. The van der Waals surface area contributed by atoms with Crippen LogP contribution in [0.2, 0.25) is 10.0 Å². The van der Waals surface area contributed by atoms with Gasteiger partial charge in [-0.25, -0.2) is 4.79 Å². The molecular weight excluding hydrogens is 375 g/mol. The maximum atomic E-state index is 12.5. The van der Waals surface area contributed by atoms with Crippen LogP contribution in [0.3, 0.4) is 0 Å². The van der Waals surface area contributed by atoms with Crippen molar-refractivity contribution in [2.75, 3.05) is 33.4 Å². The first-order valence-electron chi connectivity index (χ1n) is 8.84. The van der Waals surface area contributed by atoms with Gasteiger partial charge in [0.05, 0.1) is 10.0 Å². The quantitative estimate of drug-likeness (QED) is 0.729. The minimum absolute atomic E-state index is 0.0568. The summed E-state index contributed by atoms with van der Waals surface area (Å²) in [5, 5.41) is 1.12. The number of methoxy groups -OCH3 is 1. The van der Waals surface area contributed by atoms with Crippen molar-refractivity contribution >= 4 is 29.3 Å². The van der Waals surface area contributed by atoms with Gasteiger partial charge < -0.3 is 14.4 Å². The third kappa shape index (κ3) is 6.31. The molecule has 0 saturated carbocycles. The molecule has 1 unspecified atom stereocenters. The number of piperazine rings is 1. The fourth-order valence-corrected chi connectivity index (χ4v) is 3.34. The summed E-state index contributed by atoms with van der Waals surface area (Å²) < 4.78 is 10.8. The van der Waals surface area contributed by atoms with E-state index >= 15 is 0 Å². The molecule has 0 radical (unpaired) electrons. The molecule has 1 saturated heterocycles. The number of amides is 1. The highest BCUT2D eigenvalue weighted by molar-refractivity contribution is 6.42.